The van der Waals surface area contributed by atoms with Gasteiger partial charge in [-0.25, -0.2) is 0 Å². The summed E-state index contributed by atoms with van der Waals surface area (Å²) in [5.74, 6) is 0.0280. The van der Waals surface area contributed by atoms with E-state index in [4.69, 9.17) is 9.47 Å². The van der Waals surface area contributed by atoms with Gasteiger partial charge in [0.15, 0.2) is 0 Å². The number of ketones is 1. The fraction of sp³-hybridized carbons (Fsp3) is 0.312. The molecule has 2 heterocycles. The molecule has 196 valence electrons. The van der Waals surface area contributed by atoms with E-state index in [1.807, 2.05) is 73.7 Å². The number of likely N-dealkylation sites (tertiary alicyclic amines) is 1. The number of carbonyl (C=O) groups is 2. The molecule has 1 amide bonds. The SMILES string of the molecule is CCCCCOc1ccc([C@@H]2/C(=C(\O)c3ccc4c(c3)C[C@H](C)O4)C(=O)C(=O)N2Cc2ccccc2)cc1. The monoisotopic (exact) mass is 511 g/mol. The van der Waals surface area contributed by atoms with Crippen LogP contribution in [0.4, 0.5) is 0 Å². The van der Waals surface area contributed by atoms with Gasteiger partial charge in [-0.05, 0) is 60.4 Å². The molecule has 2 aliphatic heterocycles. The molecular formula is C32H33NO5. The Kier molecular flexibility index (Phi) is 7.50. The lowest BCUT2D eigenvalue weighted by Crippen LogP contribution is -2.29. The molecule has 2 atom stereocenters. The standard InChI is InChI=1S/C32H33NO5/c1-3-4-8-17-37-26-14-11-23(12-15-26)29-28(30(34)24-13-16-27-25(19-24)18-21(2)38-27)31(35)32(36)33(29)20-22-9-6-5-7-10-22/h5-7,9-16,19,21,29,34H,3-4,8,17-18,20H2,1-2H3/b30-28+/t21-,29+/m0/s1. The van der Waals surface area contributed by atoms with Gasteiger partial charge >= 0.3 is 0 Å². The molecule has 38 heavy (non-hydrogen) atoms. The Balaban J connectivity index is 1.52. The Morgan fingerprint density at radius 2 is 1.79 bits per heavy atom. The number of benzene rings is 3. The van der Waals surface area contributed by atoms with Crippen LogP contribution < -0.4 is 9.47 Å². The number of fused-ring (bicyclic) bond motifs is 1. The Labute approximate surface area is 223 Å². The quantitative estimate of drug-likeness (QED) is 0.160. The van der Waals surface area contributed by atoms with E-state index in [-0.39, 0.29) is 24.0 Å². The second-order valence-electron chi connectivity index (χ2n) is 9.99. The second kappa shape index (κ2) is 11.1. The third-order valence-electron chi connectivity index (χ3n) is 7.12. The molecule has 0 aliphatic carbocycles. The highest BCUT2D eigenvalue weighted by molar-refractivity contribution is 6.46. The van der Waals surface area contributed by atoms with Crippen LogP contribution in [0.3, 0.4) is 0 Å². The summed E-state index contributed by atoms with van der Waals surface area (Å²) in [6.07, 6.45) is 4.00. The van der Waals surface area contributed by atoms with Gasteiger partial charge < -0.3 is 19.5 Å². The normalized spacial score (nSPS) is 19.9. The number of hydrogen-bond donors (Lipinski definition) is 1. The summed E-state index contributed by atoms with van der Waals surface area (Å²) in [5.41, 5.74) is 3.20. The minimum absolute atomic E-state index is 0.0570. The van der Waals surface area contributed by atoms with Crippen LogP contribution in [0.25, 0.3) is 5.76 Å². The first-order valence-electron chi connectivity index (χ1n) is 13.3. The van der Waals surface area contributed by atoms with E-state index in [1.54, 1.807) is 11.0 Å². The largest absolute Gasteiger partial charge is 0.507 e. The van der Waals surface area contributed by atoms with Crippen LogP contribution >= 0.6 is 0 Å². The third kappa shape index (κ3) is 5.17. The lowest BCUT2D eigenvalue weighted by atomic mass is 9.94. The Bertz CT molecular complexity index is 1350. The molecule has 6 nitrogen and oxygen atoms in total. The van der Waals surface area contributed by atoms with Crippen molar-refractivity contribution in [1.29, 1.82) is 0 Å². The number of hydrogen-bond acceptors (Lipinski definition) is 5. The molecule has 2 aliphatic rings. The Hall–Kier alpha value is -4.06. The zero-order chi connectivity index (χ0) is 26.6. The van der Waals surface area contributed by atoms with Crippen LogP contribution in [0, 0.1) is 0 Å². The predicted molar refractivity (Wildman–Crippen MR) is 146 cm³/mol. The van der Waals surface area contributed by atoms with E-state index < -0.39 is 17.7 Å². The van der Waals surface area contributed by atoms with Crippen LogP contribution in [0.1, 0.15) is 61.4 Å². The van der Waals surface area contributed by atoms with E-state index >= 15 is 0 Å². The van der Waals surface area contributed by atoms with Crippen molar-refractivity contribution in [2.24, 2.45) is 0 Å². The third-order valence-corrected chi connectivity index (χ3v) is 7.12. The average Bonchev–Trinajstić information content (AvgIpc) is 3.43. The van der Waals surface area contributed by atoms with Crippen molar-refractivity contribution < 1.29 is 24.2 Å². The summed E-state index contributed by atoms with van der Waals surface area (Å²) in [5, 5.41) is 11.5. The van der Waals surface area contributed by atoms with Crippen molar-refractivity contribution >= 4 is 17.4 Å². The maximum atomic E-state index is 13.4. The summed E-state index contributed by atoms with van der Waals surface area (Å²) in [6.45, 7) is 5.03. The number of rotatable bonds is 9. The van der Waals surface area contributed by atoms with Gasteiger partial charge in [0.1, 0.15) is 23.4 Å². The number of nitrogens with zero attached hydrogens (tertiary/aromatic N) is 1. The van der Waals surface area contributed by atoms with Crippen LogP contribution in [0.2, 0.25) is 0 Å². The Morgan fingerprint density at radius 1 is 1.03 bits per heavy atom. The molecule has 1 N–H and O–H groups in total. The fourth-order valence-electron chi connectivity index (χ4n) is 5.18. The van der Waals surface area contributed by atoms with E-state index in [9.17, 15) is 14.7 Å². The second-order valence-corrected chi connectivity index (χ2v) is 9.99. The zero-order valence-corrected chi connectivity index (χ0v) is 21.9. The minimum atomic E-state index is -0.729. The summed E-state index contributed by atoms with van der Waals surface area (Å²) in [6, 6.07) is 21.7. The summed E-state index contributed by atoms with van der Waals surface area (Å²) >= 11 is 0. The van der Waals surface area contributed by atoms with Gasteiger partial charge in [0.2, 0.25) is 0 Å². The highest BCUT2D eigenvalue weighted by Gasteiger charge is 2.46. The summed E-state index contributed by atoms with van der Waals surface area (Å²) < 4.78 is 11.7. The van der Waals surface area contributed by atoms with Crippen LogP contribution in [-0.2, 0) is 22.6 Å². The van der Waals surface area contributed by atoms with E-state index in [0.717, 1.165) is 53.9 Å². The molecule has 0 spiro atoms. The number of carbonyl (C=O) groups excluding carboxylic acids is 2. The first-order valence-corrected chi connectivity index (χ1v) is 13.3. The highest BCUT2D eigenvalue weighted by Crippen LogP contribution is 2.41. The predicted octanol–water partition coefficient (Wildman–Crippen LogP) is 6.20. The highest BCUT2D eigenvalue weighted by atomic mass is 16.5. The van der Waals surface area contributed by atoms with Crippen molar-refractivity contribution in [3.63, 3.8) is 0 Å². The zero-order valence-electron chi connectivity index (χ0n) is 21.9. The molecule has 0 bridgehead atoms. The van der Waals surface area contributed by atoms with Gasteiger partial charge in [-0.3, -0.25) is 9.59 Å². The summed E-state index contributed by atoms with van der Waals surface area (Å²) in [7, 11) is 0. The van der Waals surface area contributed by atoms with Gasteiger partial charge in [-0.15, -0.1) is 0 Å². The van der Waals surface area contributed by atoms with Crippen molar-refractivity contribution in [3.8, 4) is 11.5 Å². The Morgan fingerprint density at radius 3 is 2.53 bits per heavy atom. The summed E-state index contributed by atoms with van der Waals surface area (Å²) in [4.78, 5) is 28.3. The number of aliphatic hydroxyl groups is 1. The maximum absolute atomic E-state index is 13.4. The topological polar surface area (TPSA) is 76.1 Å². The minimum Gasteiger partial charge on any atom is -0.507 e. The lowest BCUT2D eigenvalue weighted by Gasteiger charge is -2.25. The molecular weight excluding hydrogens is 478 g/mol. The lowest BCUT2D eigenvalue weighted by molar-refractivity contribution is -0.140. The van der Waals surface area contributed by atoms with Gasteiger partial charge in [-0.2, -0.15) is 0 Å². The number of unbranched alkanes of at least 4 members (excludes halogenated alkanes) is 2. The van der Waals surface area contributed by atoms with E-state index in [0.29, 0.717) is 12.2 Å². The molecule has 0 unspecified atom stereocenters. The molecule has 0 radical (unpaired) electrons. The number of aliphatic hydroxyl groups excluding tert-OH is 1. The van der Waals surface area contributed by atoms with E-state index in [1.165, 1.54) is 0 Å². The van der Waals surface area contributed by atoms with Gasteiger partial charge in [0, 0.05) is 18.5 Å². The first kappa shape index (κ1) is 25.6. The van der Waals surface area contributed by atoms with Crippen molar-refractivity contribution in [3.05, 3.63) is 101 Å². The fourth-order valence-corrected chi connectivity index (χ4v) is 5.18. The number of Topliss-reactive ketones (excluding diaryl/α,β-unsaturated/α-hetero) is 1. The molecule has 3 aromatic rings. The smallest absolute Gasteiger partial charge is 0.295 e. The van der Waals surface area contributed by atoms with Crippen LogP contribution in [0.15, 0.2) is 78.4 Å². The number of ether oxygens (including phenoxy) is 2. The van der Waals surface area contributed by atoms with Gasteiger partial charge in [0.25, 0.3) is 11.7 Å². The molecule has 6 heteroatoms. The van der Waals surface area contributed by atoms with E-state index in [2.05, 4.69) is 6.92 Å². The van der Waals surface area contributed by atoms with Crippen LogP contribution in [-0.4, -0.2) is 34.4 Å². The molecule has 0 saturated carbocycles. The molecule has 1 saturated heterocycles. The van der Waals surface area contributed by atoms with Gasteiger partial charge in [0.05, 0.1) is 18.2 Å². The molecule has 3 aromatic carbocycles. The van der Waals surface area contributed by atoms with Gasteiger partial charge in [-0.1, -0.05) is 62.2 Å². The maximum Gasteiger partial charge on any atom is 0.295 e. The average molecular weight is 512 g/mol. The molecule has 5 rings (SSSR count). The van der Waals surface area contributed by atoms with Crippen LogP contribution in [0.5, 0.6) is 11.5 Å². The molecule has 0 aromatic heterocycles. The van der Waals surface area contributed by atoms with Crippen molar-refractivity contribution in [2.45, 2.75) is 58.2 Å². The molecule has 1 fully saturated rings. The van der Waals surface area contributed by atoms with Crippen molar-refractivity contribution in [2.75, 3.05) is 6.61 Å². The van der Waals surface area contributed by atoms with Crippen molar-refractivity contribution in [1.82, 2.24) is 4.90 Å². The first-order chi connectivity index (χ1) is 18.5. The number of amides is 1.